The summed E-state index contributed by atoms with van der Waals surface area (Å²) < 4.78 is 38.2. The van der Waals surface area contributed by atoms with Crippen LogP contribution in [-0.2, 0) is 12.6 Å². The van der Waals surface area contributed by atoms with Crippen molar-refractivity contribution >= 4 is 17.0 Å². The van der Waals surface area contributed by atoms with Gasteiger partial charge in [0, 0.05) is 35.4 Å². The Bertz CT molecular complexity index is 1070. The van der Waals surface area contributed by atoms with Gasteiger partial charge in [-0.3, -0.25) is 20.1 Å². The Morgan fingerprint density at radius 3 is 2.57 bits per heavy atom. The van der Waals surface area contributed by atoms with Crippen molar-refractivity contribution in [3.8, 4) is 0 Å². The zero-order chi connectivity index (χ0) is 20.1. The van der Waals surface area contributed by atoms with E-state index in [0.717, 1.165) is 12.3 Å². The van der Waals surface area contributed by atoms with Crippen LogP contribution in [-0.4, -0.2) is 15.6 Å². The minimum atomic E-state index is -4.44. The second-order valence-electron chi connectivity index (χ2n) is 6.69. The molecule has 0 amide bonds. The van der Waals surface area contributed by atoms with E-state index < -0.39 is 16.7 Å². The Morgan fingerprint density at radius 2 is 1.93 bits per heavy atom. The minimum absolute atomic E-state index is 0.0142. The number of nitrogens with zero attached hydrogens (tertiary/aromatic N) is 3. The number of allylic oxidation sites excluding steroid dienone is 3. The van der Waals surface area contributed by atoms with E-state index in [2.05, 4.69) is 9.98 Å². The number of hydrogen-bond donors (Lipinski definition) is 0. The van der Waals surface area contributed by atoms with Crippen LogP contribution in [0.1, 0.15) is 23.7 Å². The fourth-order valence-electron chi connectivity index (χ4n) is 3.61. The number of alkyl halides is 3. The molecular formula is C20H14F3N3O2. The molecule has 2 aromatic rings. The van der Waals surface area contributed by atoms with Crippen LogP contribution < -0.4 is 0 Å². The normalized spacial score (nSPS) is 18.4. The van der Waals surface area contributed by atoms with Crippen LogP contribution in [0.25, 0.3) is 5.57 Å². The van der Waals surface area contributed by atoms with Crippen LogP contribution in [0.15, 0.2) is 64.9 Å². The summed E-state index contributed by atoms with van der Waals surface area (Å²) in [4.78, 5) is 19.7. The molecule has 5 nitrogen and oxygen atoms in total. The highest BCUT2D eigenvalue weighted by Crippen LogP contribution is 2.44. The first kappa shape index (κ1) is 18.1. The van der Waals surface area contributed by atoms with Gasteiger partial charge in [-0.15, -0.1) is 0 Å². The number of nitro groups is 1. The van der Waals surface area contributed by atoms with Gasteiger partial charge in [-0.25, -0.2) is 0 Å². The molecule has 1 unspecified atom stereocenters. The first-order valence-electron chi connectivity index (χ1n) is 8.53. The molecule has 4 rings (SSSR count). The lowest BCUT2D eigenvalue weighted by Crippen LogP contribution is -2.23. The lowest BCUT2D eigenvalue weighted by molar-refractivity contribution is -0.419. The van der Waals surface area contributed by atoms with E-state index in [0.29, 0.717) is 40.2 Å². The molecule has 0 saturated heterocycles. The van der Waals surface area contributed by atoms with Crippen LogP contribution in [0.3, 0.4) is 0 Å². The van der Waals surface area contributed by atoms with Gasteiger partial charge in [0.05, 0.1) is 27.5 Å². The molecule has 0 radical (unpaired) electrons. The molecular weight excluding hydrogens is 371 g/mol. The number of rotatable bonds is 3. The maximum Gasteiger partial charge on any atom is 0.417 e. The molecule has 1 aliphatic heterocycles. The summed E-state index contributed by atoms with van der Waals surface area (Å²) >= 11 is 0. The highest BCUT2D eigenvalue weighted by atomic mass is 19.4. The SMILES string of the molecule is CC1=CC(Cc2ccc(C(F)(F)F)cn2)C2=Nc3ccccc3C2=C1[N+](=O)[O-]. The summed E-state index contributed by atoms with van der Waals surface area (Å²) in [5, 5.41) is 11.6. The Hall–Kier alpha value is -3.29. The number of hydrogen-bond acceptors (Lipinski definition) is 4. The Morgan fingerprint density at radius 1 is 1.18 bits per heavy atom. The number of halogens is 3. The van der Waals surface area contributed by atoms with Crippen molar-refractivity contribution in [3.63, 3.8) is 0 Å². The smallest absolute Gasteiger partial charge is 0.261 e. The molecule has 0 fully saturated rings. The highest BCUT2D eigenvalue weighted by molar-refractivity contribution is 6.32. The van der Waals surface area contributed by atoms with Crippen LogP contribution in [0.5, 0.6) is 0 Å². The van der Waals surface area contributed by atoms with E-state index in [4.69, 9.17) is 0 Å². The van der Waals surface area contributed by atoms with E-state index in [1.165, 1.54) is 6.07 Å². The van der Waals surface area contributed by atoms with Crippen molar-refractivity contribution in [3.05, 3.63) is 86.9 Å². The second-order valence-corrected chi connectivity index (χ2v) is 6.69. The molecule has 1 aromatic carbocycles. The lowest BCUT2D eigenvalue weighted by Gasteiger charge is -2.20. The van der Waals surface area contributed by atoms with E-state index >= 15 is 0 Å². The van der Waals surface area contributed by atoms with E-state index in [-0.39, 0.29) is 11.6 Å². The third kappa shape index (κ3) is 3.00. The van der Waals surface area contributed by atoms with Crippen molar-refractivity contribution in [2.45, 2.75) is 19.5 Å². The van der Waals surface area contributed by atoms with Crippen LogP contribution >= 0.6 is 0 Å². The van der Waals surface area contributed by atoms with Crippen molar-refractivity contribution in [1.82, 2.24) is 4.98 Å². The molecule has 1 aromatic heterocycles. The maximum absolute atomic E-state index is 12.7. The molecule has 0 saturated carbocycles. The number of aromatic nitrogens is 1. The van der Waals surface area contributed by atoms with Crippen LogP contribution in [0.4, 0.5) is 18.9 Å². The summed E-state index contributed by atoms with van der Waals surface area (Å²) in [5.74, 6) is -0.310. The average molecular weight is 385 g/mol. The molecule has 2 aliphatic rings. The molecule has 1 aliphatic carbocycles. The van der Waals surface area contributed by atoms with Gasteiger partial charge in [-0.1, -0.05) is 24.3 Å². The first-order chi connectivity index (χ1) is 13.3. The molecule has 28 heavy (non-hydrogen) atoms. The van der Waals surface area contributed by atoms with Crippen LogP contribution in [0.2, 0.25) is 0 Å². The van der Waals surface area contributed by atoms with Gasteiger partial charge in [0.15, 0.2) is 0 Å². The molecule has 1 atom stereocenters. The average Bonchev–Trinajstić information content (AvgIpc) is 3.01. The van der Waals surface area contributed by atoms with Gasteiger partial charge >= 0.3 is 6.18 Å². The predicted molar refractivity (Wildman–Crippen MR) is 97.6 cm³/mol. The number of benzene rings is 1. The fourth-order valence-corrected chi connectivity index (χ4v) is 3.61. The third-order valence-corrected chi connectivity index (χ3v) is 4.85. The summed E-state index contributed by atoms with van der Waals surface area (Å²) in [7, 11) is 0. The van der Waals surface area contributed by atoms with Gasteiger partial charge in [0.1, 0.15) is 0 Å². The maximum atomic E-state index is 12.7. The van der Waals surface area contributed by atoms with Crippen molar-refractivity contribution in [1.29, 1.82) is 0 Å². The topological polar surface area (TPSA) is 68.4 Å². The fraction of sp³-hybridized carbons (Fsp3) is 0.200. The monoisotopic (exact) mass is 385 g/mol. The number of para-hydroxylation sites is 1. The Labute approximate surface area is 158 Å². The third-order valence-electron chi connectivity index (χ3n) is 4.85. The van der Waals surface area contributed by atoms with Crippen molar-refractivity contribution in [2.24, 2.45) is 10.9 Å². The minimum Gasteiger partial charge on any atom is -0.261 e. The van der Waals surface area contributed by atoms with Gasteiger partial charge in [-0.2, -0.15) is 13.2 Å². The van der Waals surface area contributed by atoms with Crippen LogP contribution in [0, 0.1) is 16.0 Å². The second kappa shape index (κ2) is 6.40. The molecule has 0 bridgehead atoms. The number of fused-ring (bicyclic) bond motifs is 3. The van der Waals surface area contributed by atoms with E-state index in [1.807, 2.05) is 0 Å². The summed E-state index contributed by atoms with van der Waals surface area (Å²) in [6, 6.07) is 9.50. The lowest BCUT2D eigenvalue weighted by atomic mass is 9.82. The zero-order valence-corrected chi connectivity index (χ0v) is 14.7. The highest BCUT2D eigenvalue weighted by Gasteiger charge is 2.38. The molecule has 0 spiro atoms. The molecule has 2 heterocycles. The standard InChI is InChI=1S/C20H14F3N3O2/c1-11-8-12(9-14-7-6-13(10-24-14)20(21,22)23)18-17(19(11)26(27)28)15-4-2-3-5-16(15)25-18/h2-8,10,12H,9H2,1H3. The van der Waals surface area contributed by atoms with Crippen molar-refractivity contribution in [2.75, 3.05) is 0 Å². The van der Waals surface area contributed by atoms with E-state index in [9.17, 15) is 23.3 Å². The zero-order valence-electron chi connectivity index (χ0n) is 14.7. The number of pyridine rings is 1. The van der Waals surface area contributed by atoms with Gasteiger partial charge in [0.2, 0.25) is 0 Å². The predicted octanol–water partition coefficient (Wildman–Crippen LogP) is 4.99. The van der Waals surface area contributed by atoms with Crippen molar-refractivity contribution < 1.29 is 18.1 Å². The Kier molecular flexibility index (Phi) is 4.14. The largest absolute Gasteiger partial charge is 0.417 e. The summed E-state index contributed by atoms with van der Waals surface area (Å²) in [5.41, 5.74) is 2.56. The molecule has 8 heteroatoms. The summed E-state index contributed by atoms with van der Waals surface area (Å²) in [6.07, 6.45) is -1.60. The first-order valence-corrected chi connectivity index (χ1v) is 8.53. The Balaban J connectivity index is 1.72. The quantitative estimate of drug-likeness (QED) is 0.552. The van der Waals surface area contributed by atoms with Gasteiger partial charge < -0.3 is 0 Å². The van der Waals surface area contributed by atoms with Gasteiger partial charge in [0.25, 0.3) is 5.70 Å². The summed E-state index contributed by atoms with van der Waals surface area (Å²) in [6.45, 7) is 1.66. The van der Waals surface area contributed by atoms with Gasteiger partial charge in [-0.05, 0) is 25.1 Å². The molecule has 142 valence electrons. The number of aliphatic imine (C=N–C) groups is 1. The molecule has 0 N–H and O–H groups in total. The van der Waals surface area contributed by atoms with E-state index in [1.54, 1.807) is 37.3 Å².